The average molecular weight is 272 g/mol. The number of carbonyl (C=O) groups is 1. The van der Waals surface area contributed by atoms with Crippen LogP contribution in [0.15, 0.2) is 0 Å². The van der Waals surface area contributed by atoms with Crippen molar-refractivity contribution in [3.63, 3.8) is 0 Å². The quantitative estimate of drug-likeness (QED) is 0.544. The standard InChI is InChI=1S/C14H28N2O3/c1-2-3-5-12-8-13(15-6-4-7-17)10-16(9-12)11-14(18)19/h12-13,15,17H,2-11H2,1H3,(H,18,19). The molecular formula is C14H28N2O3. The van der Waals surface area contributed by atoms with Crippen LogP contribution in [0, 0.1) is 5.92 Å². The molecule has 1 heterocycles. The summed E-state index contributed by atoms with van der Waals surface area (Å²) in [5.74, 6) is -0.148. The zero-order chi connectivity index (χ0) is 14.1. The summed E-state index contributed by atoms with van der Waals surface area (Å²) >= 11 is 0. The molecule has 2 unspecified atom stereocenters. The predicted molar refractivity (Wildman–Crippen MR) is 75.2 cm³/mol. The monoisotopic (exact) mass is 272 g/mol. The van der Waals surface area contributed by atoms with E-state index in [4.69, 9.17) is 10.2 Å². The summed E-state index contributed by atoms with van der Waals surface area (Å²) in [6.45, 7) is 5.06. The molecule has 0 aromatic carbocycles. The first-order valence-corrected chi connectivity index (χ1v) is 7.44. The van der Waals surface area contributed by atoms with Crippen LogP contribution in [0.4, 0.5) is 0 Å². The Balaban J connectivity index is 2.43. The minimum absolute atomic E-state index is 0.140. The molecule has 0 radical (unpaired) electrons. The zero-order valence-corrected chi connectivity index (χ0v) is 12.0. The number of piperidine rings is 1. The first kappa shape index (κ1) is 16.4. The summed E-state index contributed by atoms with van der Waals surface area (Å²) in [5.41, 5.74) is 0. The van der Waals surface area contributed by atoms with E-state index < -0.39 is 5.97 Å². The zero-order valence-electron chi connectivity index (χ0n) is 12.0. The molecule has 5 nitrogen and oxygen atoms in total. The molecule has 1 rings (SSSR count). The molecule has 3 N–H and O–H groups in total. The van der Waals surface area contributed by atoms with Crippen LogP contribution in [-0.2, 0) is 4.79 Å². The third-order valence-electron chi connectivity index (χ3n) is 3.71. The van der Waals surface area contributed by atoms with E-state index >= 15 is 0 Å². The fourth-order valence-electron chi connectivity index (χ4n) is 2.86. The second kappa shape index (κ2) is 9.28. The number of likely N-dealkylation sites (tertiary alicyclic amines) is 1. The van der Waals surface area contributed by atoms with Crippen molar-refractivity contribution in [1.29, 1.82) is 0 Å². The number of carboxylic acid groups (broad SMARTS) is 1. The molecule has 1 aliphatic heterocycles. The molecule has 19 heavy (non-hydrogen) atoms. The Morgan fingerprint density at radius 3 is 2.79 bits per heavy atom. The molecule has 112 valence electrons. The van der Waals surface area contributed by atoms with Crippen LogP contribution >= 0.6 is 0 Å². The van der Waals surface area contributed by atoms with Crippen LogP contribution in [-0.4, -0.2) is 59.9 Å². The number of carboxylic acids is 1. The second-order valence-electron chi connectivity index (χ2n) is 5.56. The van der Waals surface area contributed by atoms with Crippen LogP contribution in [0.1, 0.15) is 39.0 Å². The van der Waals surface area contributed by atoms with Crippen molar-refractivity contribution in [2.45, 2.75) is 45.1 Å². The smallest absolute Gasteiger partial charge is 0.317 e. The van der Waals surface area contributed by atoms with Crippen molar-refractivity contribution in [1.82, 2.24) is 10.2 Å². The van der Waals surface area contributed by atoms with Gasteiger partial charge in [-0.3, -0.25) is 9.69 Å². The first-order valence-electron chi connectivity index (χ1n) is 7.44. The maximum Gasteiger partial charge on any atom is 0.317 e. The number of hydrogen-bond acceptors (Lipinski definition) is 4. The molecule has 0 saturated carbocycles. The lowest BCUT2D eigenvalue weighted by molar-refractivity contribution is -0.138. The Kier molecular flexibility index (Phi) is 8.02. The highest BCUT2D eigenvalue weighted by Crippen LogP contribution is 2.22. The Labute approximate surface area is 116 Å². The van der Waals surface area contributed by atoms with Gasteiger partial charge in [-0.05, 0) is 31.7 Å². The lowest BCUT2D eigenvalue weighted by Crippen LogP contribution is -2.50. The van der Waals surface area contributed by atoms with E-state index in [9.17, 15) is 4.79 Å². The number of aliphatic hydroxyl groups is 1. The van der Waals surface area contributed by atoms with Gasteiger partial charge >= 0.3 is 5.97 Å². The van der Waals surface area contributed by atoms with Gasteiger partial charge < -0.3 is 15.5 Å². The summed E-state index contributed by atoms with van der Waals surface area (Å²) in [4.78, 5) is 12.9. The van der Waals surface area contributed by atoms with Crippen LogP contribution in [0.25, 0.3) is 0 Å². The van der Waals surface area contributed by atoms with Gasteiger partial charge in [0, 0.05) is 25.7 Å². The number of aliphatic carboxylic acids is 1. The lowest BCUT2D eigenvalue weighted by atomic mass is 9.90. The van der Waals surface area contributed by atoms with Crippen LogP contribution in [0.2, 0.25) is 0 Å². The molecule has 1 fully saturated rings. The first-order chi connectivity index (χ1) is 9.15. The Hall–Kier alpha value is -0.650. The molecule has 2 atom stereocenters. The van der Waals surface area contributed by atoms with Gasteiger partial charge in [0.25, 0.3) is 0 Å². The summed E-state index contributed by atoms with van der Waals surface area (Å²) in [5, 5.41) is 21.2. The largest absolute Gasteiger partial charge is 0.480 e. The highest BCUT2D eigenvalue weighted by Gasteiger charge is 2.27. The van der Waals surface area contributed by atoms with E-state index in [1.54, 1.807) is 0 Å². The molecule has 0 aliphatic carbocycles. The van der Waals surface area contributed by atoms with Crippen LogP contribution in [0.5, 0.6) is 0 Å². The van der Waals surface area contributed by atoms with E-state index in [1.807, 2.05) is 4.90 Å². The normalized spacial score (nSPS) is 24.5. The van der Waals surface area contributed by atoms with Crippen molar-refractivity contribution < 1.29 is 15.0 Å². The third-order valence-corrected chi connectivity index (χ3v) is 3.71. The van der Waals surface area contributed by atoms with Crippen molar-refractivity contribution in [2.75, 3.05) is 32.8 Å². The van der Waals surface area contributed by atoms with Crippen molar-refractivity contribution in [2.24, 2.45) is 5.92 Å². The minimum Gasteiger partial charge on any atom is -0.480 e. The second-order valence-corrected chi connectivity index (χ2v) is 5.56. The van der Waals surface area contributed by atoms with E-state index in [0.717, 1.165) is 32.5 Å². The topological polar surface area (TPSA) is 72.8 Å². The van der Waals surface area contributed by atoms with Gasteiger partial charge in [0.2, 0.25) is 0 Å². The summed E-state index contributed by atoms with van der Waals surface area (Å²) in [6, 6.07) is 0.363. The third kappa shape index (κ3) is 6.89. The molecular weight excluding hydrogens is 244 g/mol. The molecule has 1 saturated heterocycles. The highest BCUT2D eigenvalue weighted by atomic mass is 16.4. The van der Waals surface area contributed by atoms with Crippen molar-refractivity contribution in [3.05, 3.63) is 0 Å². The van der Waals surface area contributed by atoms with Gasteiger partial charge in [-0.2, -0.15) is 0 Å². The van der Waals surface area contributed by atoms with Crippen molar-refractivity contribution >= 4 is 5.97 Å². The molecule has 0 aromatic rings. The van der Waals surface area contributed by atoms with Gasteiger partial charge in [0.1, 0.15) is 0 Å². The molecule has 0 bridgehead atoms. The number of aliphatic hydroxyl groups excluding tert-OH is 1. The SMILES string of the molecule is CCCCC1CC(NCCCO)CN(CC(=O)O)C1. The predicted octanol–water partition coefficient (Wildman–Crippen LogP) is 0.924. The maximum absolute atomic E-state index is 10.9. The molecule has 0 amide bonds. The fourth-order valence-corrected chi connectivity index (χ4v) is 2.86. The highest BCUT2D eigenvalue weighted by molar-refractivity contribution is 5.69. The van der Waals surface area contributed by atoms with Crippen molar-refractivity contribution in [3.8, 4) is 0 Å². The minimum atomic E-state index is -0.745. The number of nitrogens with zero attached hydrogens (tertiary/aromatic N) is 1. The summed E-state index contributed by atoms with van der Waals surface area (Å²) in [7, 11) is 0. The van der Waals surface area contributed by atoms with Crippen LogP contribution in [0.3, 0.4) is 0 Å². The maximum atomic E-state index is 10.9. The Bertz CT molecular complexity index is 261. The van der Waals surface area contributed by atoms with Gasteiger partial charge in [-0.15, -0.1) is 0 Å². The van der Waals surface area contributed by atoms with E-state index in [-0.39, 0.29) is 13.2 Å². The molecule has 5 heteroatoms. The Morgan fingerprint density at radius 2 is 2.16 bits per heavy atom. The number of rotatable bonds is 9. The number of hydrogen-bond donors (Lipinski definition) is 3. The summed E-state index contributed by atoms with van der Waals surface area (Å²) < 4.78 is 0. The number of nitrogens with one attached hydrogen (secondary N) is 1. The summed E-state index contributed by atoms with van der Waals surface area (Å²) in [6.07, 6.45) is 5.48. The van der Waals surface area contributed by atoms with Gasteiger partial charge in [-0.25, -0.2) is 0 Å². The molecule has 1 aliphatic rings. The van der Waals surface area contributed by atoms with E-state index in [1.165, 1.54) is 19.3 Å². The van der Waals surface area contributed by atoms with Gasteiger partial charge in [-0.1, -0.05) is 19.8 Å². The van der Waals surface area contributed by atoms with Gasteiger partial charge in [0.15, 0.2) is 0 Å². The van der Waals surface area contributed by atoms with Crippen LogP contribution < -0.4 is 5.32 Å². The lowest BCUT2D eigenvalue weighted by Gasteiger charge is -2.37. The Morgan fingerprint density at radius 1 is 1.37 bits per heavy atom. The van der Waals surface area contributed by atoms with E-state index in [0.29, 0.717) is 12.0 Å². The number of unbranched alkanes of at least 4 members (excludes halogenated alkanes) is 1. The molecule has 0 spiro atoms. The van der Waals surface area contributed by atoms with Gasteiger partial charge in [0.05, 0.1) is 6.54 Å². The molecule has 0 aromatic heterocycles. The van der Waals surface area contributed by atoms with E-state index in [2.05, 4.69) is 12.2 Å². The average Bonchev–Trinajstić information content (AvgIpc) is 2.36. The fraction of sp³-hybridized carbons (Fsp3) is 0.929.